The maximum absolute atomic E-state index is 13.2. The van der Waals surface area contributed by atoms with E-state index < -0.39 is 9.84 Å². The molecule has 0 bridgehead atoms. The summed E-state index contributed by atoms with van der Waals surface area (Å²) >= 11 is 3.36. The molecular formula is C19H22BrN3O4S. The molecule has 1 aromatic heterocycles. The molecule has 2 fully saturated rings. The number of aromatic nitrogens is 2. The molecule has 1 atom stereocenters. The van der Waals surface area contributed by atoms with Gasteiger partial charge in [0.2, 0.25) is 5.91 Å². The Bertz CT molecular complexity index is 1080. The minimum Gasteiger partial charge on any atom is -0.334 e. The van der Waals surface area contributed by atoms with Gasteiger partial charge in [0.15, 0.2) is 9.84 Å². The van der Waals surface area contributed by atoms with Gasteiger partial charge in [-0.15, -0.1) is 0 Å². The first-order valence-corrected chi connectivity index (χ1v) is 12.1. The van der Waals surface area contributed by atoms with Crippen LogP contribution in [0.25, 0.3) is 10.9 Å². The molecule has 9 heteroatoms. The fourth-order valence-electron chi connectivity index (χ4n) is 4.35. The third kappa shape index (κ3) is 3.87. The van der Waals surface area contributed by atoms with Gasteiger partial charge < -0.3 is 4.90 Å². The molecule has 1 saturated heterocycles. The summed E-state index contributed by atoms with van der Waals surface area (Å²) in [4.78, 5) is 32.1. The monoisotopic (exact) mass is 467 g/mol. The second-order valence-corrected chi connectivity index (χ2v) is 10.8. The lowest BCUT2D eigenvalue weighted by Crippen LogP contribution is -2.49. The number of carbonyl (C=O) groups is 1. The van der Waals surface area contributed by atoms with E-state index in [2.05, 4.69) is 20.9 Å². The van der Waals surface area contributed by atoms with Crippen LogP contribution >= 0.6 is 15.9 Å². The quantitative estimate of drug-likeness (QED) is 0.686. The van der Waals surface area contributed by atoms with Crippen LogP contribution < -0.4 is 5.56 Å². The van der Waals surface area contributed by atoms with Crippen LogP contribution in [0.3, 0.4) is 0 Å². The fraction of sp³-hybridized carbons (Fsp3) is 0.526. The normalized spacial score (nSPS) is 22.0. The second-order valence-electron chi connectivity index (χ2n) is 7.64. The van der Waals surface area contributed by atoms with Crippen molar-refractivity contribution in [3.05, 3.63) is 39.4 Å². The van der Waals surface area contributed by atoms with Crippen LogP contribution in [-0.4, -0.2) is 52.4 Å². The molecule has 7 nitrogen and oxygen atoms in total. The molecule has 0 spiro atoms. The van der Waals surface area contributed by atoms with Crippen LogP contribution in [0.1, 0.15) is 32.1 Å². The van der Waals surface area contributed by atoms with Crippen molar-refractivity contribution in [2.75, 3.05) is 11.5 Å². The molecule has 150 valence electrons. The Balaban J connectivity index is 1.63. The number of hydrogen-bond acceptors (Lipinski definition) is 5. The minimum atomic E-state index is -3.10. The number of carbonyl (C=O) groups excluding carboxylic acids is 1. The van der Waals surface area contributed by atoms with Crippen LogP contribution in [0.5, 0.6) is 0 Å². The summed E-state index contributed by atoms with van der Waals surface area (Å²) in [6, 6.07) is 5.03. The third-order valence-electron chi connectivity index (χ3n) is 5.70. The van der Waals surface area contributed by atoms with Gasteiger partial charge >= 0.3 is 0 Å². The molecule has 0 unspecified atom stereocenters. The molecule has 0 N–H and O–H groups in total. The molecule has 1 aliphatic carbocycles. The van der Waals surface area contributed by atoms with E-state index in [1.54, 1.807) is 17.0 Å². The van der Waals surface area contributed by atoms with E-state index >= 15 is 0 Å². The van der Waals surface area contributed by atoms with Crippen molar-refractivity contribution in [1.82, 2.24) is 14.5 Å². The van der Waals surface area contributed by atoms with E-state index in [4.69, 9.17) is 0 Å². The maximum atomic E-state index is 13.2. The third-order valence-corrected chi connectivity index (χ3v) is 7.94. The lowest BCUT2D eigenvalue weighted by molar-refractivity contribution is -0.136. The van der Waals surface area contributed by atoms with Gasteiger partial charge in [-0.05, 0) is 37.5 Å². The molecule has 1 aromatic carbocycles. The van der Waals surface area contributed by atoms with E-state index in [-0.39, 0.29) is 41.6 Å². The largest absolute Gasteiger partial charge is 0.334 e. The molecule has 2 aromatic rings. The summed E-state index contributed by atoms with van der Waals surface area (Å²) in [5.41, 5.74) is 0.302. The molecule has 1 saturated carbocycles. The number of benzene rings is 1. The van der Waals surface area contributed by atoms with E-state index in [0.717, 1.165) is 30.2 Å². The predicted octanol–water partition coefficient (Wildman–Crippen LogP) is 2.12. The van der Waals surface area contributed by atoms with Crippen molar-refractivity contribution < 1.29 is 13.2 Å². The molecule has 4 rings (SSSR count). The van der Waals surface area contributed by atoms with Crippen LogP contribution in [0.15, 0.2) is 33.8 Å². The van der Waals surface area contributed by atoms with Gasteiger partial charge in [-0.2, -0.15) is 0 Å². The zero-order chi connectivity index (χ0) is 19.9. The van der Waals surface area contributed by atoms with Crippen LogP contribution in [0.4, 0.5) is 0 Å². The Labute approximate surface area is 171 Å². The fourth-order valence-corrected chi connectivity index (χ4v) is 6.43. The molecule has 2 aliphatic rings. The molecule has 1 aliphatic heterocycles. The Kier molecular flexibility index (Phi) is 5.30. The molecule has 0 radical (unpaired) electrons. The first-order valence-electron chi connectivity index (χ1n) is 9.50. The summed E-state index contributed by atoms with van der Waals surface area (Å²) in [5.74, 6) is -0.0561. The number of halogens is 1. The highest BCUT2D eigenvalue weighted by Gasteiger charge is 2.39. The Hall–Kier alpha value is -1.74. The van der Waals surface area contributed by atoms with Crippen LogP contribution in [0, 0.1) is 0 Å². The van der Waals surface area contributed by atoms with Gasteiger partial charge in [-0.1, -0.05) is 28.8 Å². The summed E-state index contributed by atoms with van der Waals surface area (Å²) in [7, 11) is -3.10. The average molecular weight is 468 g/mol. The van der Waals surface area contributed by atoms with Crippen molar-refractivity contribution in [2.24, 2.45) is 0 Å². The van der Waals surface area contributed by atoms with E-state index in [0.29, 0.717) is 17.3 Å². The summed E-state index contributed by atoms with van der Waals surface area (Å²) < 4.78 is 26.0. The van der Waals surface area contributed by atoms with Gasteiger partial charge in [0.1, 0.15) is 6.54 Å². The van der Waals surface area contributed by atoms with Crippen molar-refractivity contribution in [2.45, 2.75) is 50.7 Å². The van der Waals surface area contributed by atoms with Gasteiger partial charge in [0, 0.05) is 16.6 Å². The lowest BCUT2D eigenvalue weighted by atomic mass is 10.1. The minimum absolute atomic E-state index is 0.0209. The average Bonchev–Trinajstić information content (AvgIpc) is 3.28. The van der Waals surface area contributed by atoms with Gasteiger partial charge in [-0.3, -0.25) is 14.2 Å². The Morgan fingerprint density at radius 1 is 1.21 bits per heavy atom. The van der Waals surface area contributed by atoms with Gasteiger partial charge in [0.05, 0.1) is 28.7 Å². The smallest absolute Gasteiger partial charge is 0.261 e. The second kappa shape index (κ2) is 7.59. The topological polar surface area (TPSA) is 89.3 Å². The summed E-state index contributed by atoms with van der Waals surface area (Å²) in [6.07, 6.45) is 5.73. The Morgan fingerprint density at radius 3 is 2.64 bits per heavy atom. The zero-order valence-corrected chi connectivity index (χ0v) is 17.8. The van der Waals surface area contributed by atoms with E-state index in [9.17, 15) is 18.0 Å². The predicted molar refractivity (Wildman–Crippen MR) is 110 cm³/mol. The maximum Gasteiger partial charge on any atom is 0.261 e. The summed E-state index contributed by atoms with van der Waals surface area (Å²) in [5, 5.41) is 0.445. The highest BCUT2D eigenvalue weighted by Crippen LogP contribution is 2.29. The first-order chi connectivity index (χ1) is 13.3. The number of hydrogen-bond donors (Lipinski definition) is 0. The van der Waals surface area contributed by atoms with E-state index in [1.807, 2.05) is 6.07 Å². The van der Waals surface area contributed by atoms with Crippen molar-refractivity contribution in [1.29, 1.82) is 0 Å². The number of amides is 1. The molecule has 1 amide bonds. The van der Waals surface area contributed by atoms with Crippen LogP contribution in [0.2, 0.25) is 0 Å². The first kappa shape index (κ1) is 19.6. The van der Waals surface area contributed by atoms with Crippen LogP contribution in [-0.2, 0) is 21.2 Å². The number of sulfone groups is 1. The molecule has 28 heavy (non-hydrogen) atoms. The Morgan fingerprint density at radius 2 is 1.96 bits per heavy atom. The standard InChI is InChI=1S/C19H22BrN3O4S/c20-13-5-6-17-16(9-13)19(25)22(12-21-17)10-18(24)23(14-3-1-2-4-14)15-7-8-28(26,27)11-15/h5-6,9,12,14-15H,1-4,7-8,10-11H2/t15-/m0/s1. The lowest BCUT2D eigenvalue weighted by Gasteiger charge is -2.34. The number of fused-ring (bicyclic) bond motifs is 1. The molecule has 2 heterocycles. The van der Waals surface area contributed by atoms with Crippen molar-refractivity contribution >= 4 is 42.6 Å². The van der Waals surface area contributed by atoms with Gasteiger partial charge in [0.25, 0.3) is 5.56 Å². The SMILES string of the molecule is O=C(Cn1cnc2ccc(Br)cc2c1=O)N(C1CCCC1)[C@H]1CCS(=O)(=O)C1. The van der Waals surface area contributed by atoms with E-state index in [1.165, 1.54) is 10.9 Å². The number of rotatable bonds is 4. The van der Waals surface area contributed by atoms with Crippen molar-refractivity contribution in [3.63, 3.8) is 0 Å². The zero-order valence-electron chi connectivity index (χ0n) is 15.4. The van der Waals surface area contributed by atoms with Gasteiger partial charge in [-0.25, -0.2) is 13.4 Å². The molecular weight excluding hydrogens is 446 g/mol. The summed E-state index contributed by atoms with van der Waals surface area (Å²) in [6.45, 7) is -0.124. The highest BCUT2D eigenvalue weighted by molar-refractivity contribution is 9.10. The highest BCUT2D eigenvalue weighted by atomic mass is 79.9. The number of nitrogens with zero attached hydrogens (tertiary/aromatic N) is 3. The van der Waals surface area contributed by atoms with Crippen molar-refractivity contribution in [3.8, 4) is 0 Å².